The Balaban J connectivity index is 2.01. The maximum atomic E-state index is 12.0. The second-order valence-electron chi connectivity index (χ2n) is 6.77. The molecule has 0 radical (unpaired) electrons. The number of carbonyl (C=O) groups is 2. The molecule has 0 saturated carbocycles. The molecule has 150 valence electrons. The standard InChI is InChI=1S/C22H23N3O3S/c1-14-9-15(2)20(24-13-26)17(10-14)12-19(21(27)28)16-5-3-6-18(11-16)25-22-23-7-4-8-29-22/h3,5-6,9-13H,4,7-8H2,1-2H3,(H,23,25)(H,24,26)(H,27,28). The number of anilines is 2. The van der Waals surface area contributed by atoms with Gasteiger partial charge in [-0.3, -0.25) is 9.79 Å². The first-order valence-electron chi connectivity index (χ1n) is 9.29. The summed E-state index contributed by atoms with van der Waals surface area (Å²) in [6.07, 6.45) is 3.26. The van der Waals surface area contributed by atoms with Gasteiger partial charge in [0.1, 0.15) is 0 Å². The highest BCUT2D eigenvalue weighted by molar-refractivity contribution is 8.14. The van der Waals surface area contributed by atoms with E-state index >= 15 is 0 Å². The van der Waals surface area contributed by atoms with Gasteiger partial charge >= 0.3 is 5.97 Å². The van der Waals surface area contributed by atoms with Gasteiger partial charge in [0.15, 0.2) is 5.17 Å². The lowest BCUT2D eigenvalue weighted by molar-refractivity contribution is -0.130. The van der Waals surface area contributed by atoms with Crippen molar-refractivity contribution in [2.75, 3.05) is 22.9 Å². The fourth-order valence-corrected chi connectivity index (χ4v) is 4.06. The number of hydrogen-bond acceptors (Lipinski definition) is 5. The Morgan fingerprint density at radius 3 is 2.76 bits per heavy atom. The molecule has 3 N–H and O–H groups in total. The molecule has 0 saturated heterocycles. The Labute approximate surface area is 174 Å². The number of nitrogens with zero attached hydrogens (tertiary/aromatic N) is 1. The number of amidine groups is 1. The SMILES string of the molecule is Cc1cc(C)c(NC=O)c(C=C(C(=O)O)c2cccc(NC3=NCCCS3)c2)c1. The minimum atomic E-state index is -1.04. The fourth-order valence-electron chi connectivity index (χ4n) is 3.22. The minimum absolute atomic E-state index is 0.144. The third kappa shape index (κ3) is 5.26. The average Bonchev–Trinajstić information content (AvgIpc) is 2.69. The van der Waals surface area contributed by atoms with Gasteiger partial charge in [-0.25, -0.2) is 4.79 Å². The molecule has 29 heavy (non-hydrogen) atoms. The first-order valence-corrected chi connectivity index (χ1v) is 10.3. The van der Waals surface area contributed by atoms with Crippen LogP contribution < -0.4 is 10.6 Å². The number of carbonyl (C=O) groups excluding carboxylic acids is 1. The van der Waals surface area contributed by atoms with E-state index < -0.39 is 5.97 Å². The molecule has 1 heterocycles. The van der Waals surface area contributed by atoms with Crippen LogP contribution in [0.5, 0.6) is 0 Å². The van der Waals surface area contributed by atoms with Gasteiger partial charge in [-0.1, -0.05) is 35.5 Å². The maximum Gasteiger partial charge on any atom is 0.336 e. The van der Waals surface area contributed by atoms with Gasteiger partial charge in [0, 0.05) is 18.0 Å². The zero-order chi connectivity index (χ0) is 20.8. The molecule has 2 aromatic rings. The molecule has 7 heteroatoms. The smallest absolute Gasteiger partial charge is 0.336 e. The van der Waals surface area contributed by atoms with E-state index in [0.717, 1.165) is 40.7 Å². The normalized spacial score (nSPS) is 14.1. The molecule has 1 aliphatic heterocycles. The Morgan fingerprint density at radius 2 is 2.07 bits per heavy atom. The van der Waals surface area contributed by atoms with Gasteiger partial charge in [0.05, 0.1) is 11.3 Å². The van der Waals surface area contributed by atoms with Crippen LogP contribution in [0, 0.1) is 13.8 Å². The van der Waals surface area contributed by atoms with E-state index in [9.17, 15) is 14.7 Å². The van der Waals surface area contributed by atoms with Crippen molar-refractivity contribution in [2.24, 2.45) is 4.99 Å². The highest BCUT2D eigenvalue weighted by Gasteiger charge is 2.14. The maximum absolute atomic E-state index is 12.0. The Morgan fingerprint density at radius 1 is 1.24 bits per heavy atom. The molecule has 0 spiro atoms. The van der Waals surface area contributed by atoms with Crippen molar-refractivity contribution >= 4 is 52.3 Å². The Hall–Kier alpha value is -3.06. The number of nitrogens with one attached hydrogen (secondary N) is 2. The molecule has 0 aliphatic carbocycles. The summed E-state index contributed by atoms with van der Waals surface area (Å²) in [4.78, 5) is 27.5. The summed E-state index contributed by atoms with van der Waals surface area (Å²) in [5.74, 6) is -0.0203. The molecule has 0 aromatic heterocycles. The molecule has 2 aromatic carbocycles. The van der Waals surface area contributed by atoms with Crippen molar-refractivity contribution in [3.05, 3.63) is 58.7 Å². The summed E-state index contributed by atoms with van der Waals surface area (Å²) in [5, 5.41) is 16.6. The molecule has 6 nitrogen and oxygen atoms in total. The third-order valence-corrected chi connectivity index (χ3v) is 5.46. The second-order valence-corrected chi connectivity index (χ2v) is 7.85. The van der Waals surface area contributed by atoms with Gasteiger partial charge in [0.2, 0.25) is 6.41 Å². The first kappa shape index (κ1) is 20.7. The lowest BCUT2D eigenvalue weighted by Crippen LogP contribution is -2.13. The van der Waals surface area contributed by atoms with Gasteiger partial charge in [0.25, 0.3) is 0 Å². The van der Waals surface area contributed by atoms with Gasteiger partial charge in [-0.15, -0.1) is 0 Å². The predicted octanol–water partition coefficient (Wildman–Crippen LogP) is 4.40. The summed E-state index contributed by atoms with van der Waals surface area (Å²) in [7, 11) is 0. The highest BCUT2D eigenvalue weighted by atomic mass is 32.2. The number of aliphatic imine (C=N–C) groups is 1. The zero-order valence-corrected chi connectivity index (χ0v) is 17.2. The molecule has 3 rings (SSSR count). The molecule has 0 unspecified atom stereocenters. The number of carboxylic acid groups (broad SMARTS) is 1. The van der Waals surface area contributed by atoms with Crippen molar-refractivity contribution in [1.29, 1.82) is 0 Å². The topological polar surface area (TPSA) is 90.8 Å². The fraction of sp³-hybridized carbons (Fsp3) is 0.227. The Bertz CT molecular complexity index is 999. The molecule has 0 atom stereocenters. The minimum Gasteiger partial charge on any atom is -0.478 e. The summed E-state index contributed by atoms with van der Waals surface area (Å²) in [6, 6.07) is 11.1. The number of amides is 1. The quantitative estimate of drug-likeness (QED) is 0.374. The summed E-state index contributed by atoms with van der Waals surface area (Å²) < 4.78 is 0. The molecular weight excluding hydrogens is 386 g/mol. The zero-order valence-electron chi connectivity index (χ0n) is 16.4. The van der Waals surface area contributed by atoms with Crippen LogP contribution in [0.25, 0.3) is 11.6 Å². The van der Waals surface area contributed by atoms with Gasteiger partial charge in [-0.2, -0.15) is 0 Å². The van der Waals surface area contributed by atoms with E-state index in [4.69, 9.17) is 0 Å². The molecule has 1 amide bonds. The van der Waals surface area contributed by atoms with Crippen LogP contribution in [0.15, 0.2) is 41.4 Å². The number of aliphatic carboxylic acids is 1. The van der Waals surface area contributed by atoms with Crippen molar-refractivity contribution < 1.29 is 14.7 Å². The molecular formula is C22H23N3O3S. The second kappa shape index (κ2) is 9.43. The van der Waals surface area contributed by atoms with Crippen LogP contribution in [0.1, 0.15) is 28.7 Å². The highest BCUT2D eigenvalue weighted by Crippen LogP contribution is 2.29. The number of thioether (sulfide) groups is 1. The molecule has 0 bridgehead atoms. The van der Waals surface area contributed by atoms with Crippen molar-refractivity contribution in [3.8, 4) is 0 Å². The first-order chi connectivity index (χ1) is 14.0. The molecule has 1 aliphatic rings. The van der Waals surface area contributed by atoms with Crippen LogP contribution in [-0.4, -0.2) is 35.0 Å². The predicted molar refractivity (Wildman–Crippen MR) is 121 cm³/mol. The number of rotatable bonds is 6. The van der Waals surface area contributed by atoms with E-state index in [1.54, 1.807) is 30.0 Å². The number of benzene rings is 2. The van der Waals surface area contributed by atoms with Gasteiger partial charge < -0.3 is 15.7 Å². The average molecular weight is 410 g/mol. The van der Waals surface area contributed by atoms with Crippen LogP contribution in [-0.2, 0) is 9.59 Å². The third-order valence-electron chi connectivity index (χ3n) is 4.47. The van der Waals surface area contributed by atoms with E-state index in [0.29, 0.717) is 23.2 Å². The Kier molecular flexibility index (Phi) is 6.72. The number of carboxylic acids is 1. The summed E-state index contributed by atoms with van der Waals surface area (Å²) in [5.41, 5.74) is 4.61. The van der Waals surface area contributed by atoms with E-state index in [2.05, 4.69) is 15.6 Å². The van der Waals surface area contributed by atoms with Gasteiger partial charge in [-0.05, 0) is 61.2 Å². The van der Waals surface area contributed by atoms with E-state index in [1.807, 2.05) is 38.1 Å². The van der Waals surface area contributed by atoms with Crippen molar-refractivity contribution in [1.82, 2.24) is 0 Å². The number of aryl methyl sites for hydroxylation is 2. The van der Waals surface area contributed by atoms with Crippen LogP contribution in [0.4, 0.5) is 11.4 Å². The van der Waals surface area contributed by atoms with Crippen LogP contribution in [0.2, 0.25) is 0 Å². The van der Waals surface area contributed by atoms with Crippen molar-refractivity contribution in [2.45, 2.75) is 20.3 Å². The lowest BCUT2D eigenvalue weighted by Gasteiger charge is -2.14. The lowest BCUT2D eigenvalue weighted by atomic mass is 9.98. The number of hydrogen-bond donors (Lipinski definition) is 3. The van der Waals surface area contributed by atoms with Crippen molar-refractivity contribution in [3.63, 3.8) is 0 Å². The van der Waals surface area contributed by atoms with Crippen LogP contribution >= 0.6 is 11.8 Å². The summed E-state index contributed by atoms with van der Waals surface area (Å²) >= 11 is 1.66. The molecule has 0 fully saturated rings. The summed E-state index contributed by atoms with van der Waals surface area (Å²) in [6.45, 7) is 4.61. The monoisotopic (exact) mass is 409 g/mol. The van der Waals surface area contributed by atoms with E-state index in [1.165, 1.54) is 0 Å². The van der Waals surface area contributed by atoms with Crippen LogP contribution in [0.3, 0.4) is 0 Å². The van der Waals surface area contributed by atoms with E-state index in [-0.39, 0.29) is 5.57 Å². The largest absolute Gasteiger partial charge is 0.478 e.